The third kappa shape index (κ3) is 48.1. The van der Waals surface area contributed by atoms with Gasteiger partial charge in [-0.1, -0.05) is 341 Å². The normalized spacial score (nSPS) is 18.6. The van der Waals surface area contributed by atoms with Crippen LogP contribution in [0.3, 0.4) is 0 Å². The minimum absolute atomic E-state index is 0.219. The molecule has 12 nitrogen and oxygen atoms in total. The highest BCUT2D eigenvalue weighted by Gasteiger charge is 2.48. The molecule has 1 fully saturated rings. The van der Waals surface area contributed by atoms with Gasteiger partial charge in [0, 0.05) is 6.42 Å². The highest BCUT2D eigenvalue weighted by molar-refractivity contribution is 7.80. The lowest BCUT2D eigenvalue weighted by atomic mass is 9.99. The lowest BCUT2D eigenvalue weighted by Gasteiger charge is -2.41. The van der Waals surface area contributed by atoms with Crippen LogP contribution < -0.4 is 5.32 Å². The van der Waals surface area contributed by atoms with E-state index in [0.29, 0.717) is 12.8 Å². The van der Waals surface area contributed by atoms with E-state index in [9.17, 15) is 38.2 Å². The fourth-order valence-corrected chi connectivity index (χ4v) is 12.2. The SMILES string of the molecule is CCCCCCCCCCCCCCCCCCCCCCCCCCCCCCCCCCC(=O)NC(COC1OC(CO)C(O)C(OS(=O)(=O)O)C1O)C(O)CCCCCCCCCCCCCCCCCCCCCC. The number of carbonyl (C=O) groups excluding carboxylic acids is 1. The maximum Gasteiger partial charge on any atom is 0.397 e. The third-order valence-corrected chi connectivity index (χ3v) is 17.4. The number of hydrogen-bond acceptors (Lipinski definition) is 10. The fourth-order valence-electron chi connectivity index (χ4n) is 11.6. The van der Waals surface area contributed by atoms with Crippen molar-refractivity contribution < 1.29 is 51.8 Å². The van der Waals surface area contributed by atoms with Crippen LogP contribution in [-0.2, 0) is 28.9 Å². The van der Waals surface area contributed by atoms with E-state index < -0.39 is 59.9 Å². The minimum atomic E-state index is -5.08. The van der Waals surface area contributed by atoms with Crippen molar-refractivity contribution in [3.05, 3.63) is 0 Å². The van der Waals surface area contributed by atoms with Crippen molar-refractivity contribution in [3.8, 4) is 0 Å². The summed E-state index contributed by atoms with van der Waals surface area (Å²) in [6.07, 6.45) is 60.0. The predicted octanol–water partition coefficient (Wildman–Crippen LogP) is 17.6. The first-order valence-electron chi connectivity index (χ1n) is 34.4. The molecular formula is C66H131NO11S. The Labute approximate surface area is 488 Å². The molecule has 1 saturated heterocycles. The molecule has 1 aliphatic heterocycles. The zero-order valence-electron chi connectivity index (χ0n) is 51.7. The molecule has 1 heterocycles. The van der Waals surface area contributed by atoms with Crippen molar-refractivity contribution in [2.45, 2.75) is 403 Å². The first kappa shape index (κ1) is 76.1. The molecule has 6 N–H and O–H groups in total. The number of ether oxygens (including phenoxy) is 2. The van der Waals surface area contributed by atoms with Crippen LogP contribution in [0, 0.1) is 0 Å². The Morgan fingerprint density at radius 3 is 1.01 bits per heavy atom. The third-order valence-electron chi connectivity index (χ3n) is 16.9. The monoisotopic (exact) mass is 1150 g/mol. The summed E-state index contributed by atoms with van der Waals surface area (Å²) in [6, 6.07) is -0.854. The summed E-state index contributed by atoms with van der Waals surface area (Å²) in [5.41, 5.74) is 0. The van der Waals surface area contributed by atoms with Crippen LogP contribution in [0.2, 0.25) is 0 Å². The van der Waals surface area contributed by atoms with Gasteiger partial charge in [-0.05, 0) is 12.8 Å². The topological polar surface area (TPSA) is 192 Å². The standard InChI is InChI=1S/C66H131NO11S/c1-3-5-7-9-11-13-15-17-19-21-23-25-26-27-28-29-30-31-32-33-34-35-36-38-40-42-44-46-48-50-52-54-56-62(70)67-59(58-76-66-64(72)65(78-79(73,74)75)63(71)61(57-68)77-66)60(69)55-53-51-49-47-45-43-41-39-37-24-22-20-18-16-14-12-10-8-6-4-2/h59-61,63-66,68-69,71-72H,3-58H2,1-2H3,(H,67,70)(H,73,74,75). The van der Waals surface area contributed by atoms with Crippen LogP contribution >= 0.6 is 0 Å². The van der Waals surface area contributed by atoms with Gasteiger partial charge in [-0.25, -0.2) is 4.18 Å². The molecule has 7 atom stereocenters. The molecule has 1 rings (SSSR count). The van der Waals surface area contributed by atoms with Crippen molar-refractivity contribution in [1.29, 1.82) is 0 Å². The van der Waals surface area contributed by atoms with Crippen molar-refractivity contribution in [2.24, 2.45) is 0 Å². The van der Waals surface area contributed by atoms with E-state index in [-0.39, 0.29) is 12.5 Å². The Bertz CT molecular complexity index is 1390. The maximum absolute atomic E-state index is 13.2. The summed E-state index contributed by atoms with van der Waals surface area (Å²) in [7, 11) is -5.08. The van der Waals surface area contributed by atoms with Gasteiger partial charge in [0.05, 0.1) is 25.4 Å². The van der Waals surface area contributed by atoms with Crippen molar-refractivity contribution in [2.75, 3.05) is 13.2 Å². The second-order valence-corrected chi connectivity index (χ2v) is 25.5. The van der Waals surface area contributed by atoms with Gasteiger partial charge in [0.15, 0.2) is 6.29 Å². The summed E-state index contributed by atoms with van der Waals surface area (Å²) >= 11 is 0. The number of carbonyl (C=O) groups is 1. The van der Waals surface area contributed by atoms with Gasteiger partial charge >= 0.3 is 10.4 Å². The van der Waals surface area contributed by atoms with Gasteiger partial charge in [-0.15, -0.1) is 0 Å². The highest BCUT2D eigenvalue weighted by atomic mass is 32.3. The lowest BCUT2D eigenvalue weighted by molar-refractivity contribution is -0.298. The molecule has 0 saturated carbocycles. The summed E-state index contributed by atoms with van der Waals surface area (Å²) in [5.74, 6) is -0.219. The van der Waals surface area contributed by atoms with Crippen LogP contribution in [-0.4, -0.2) is 95.4 Å². The second kappa shape index (κ2) is 56.2. The highest BCUT2D eigenvalue weighted by Crippen LogP contribution is 2.27. The van der Waals surface area contributed by atoms with Gasteiger partial charge in [0.2, 0.25) is 5.91 Å². The Balaban J connectivity index is 2.20. The first-order chi connectivity index (χ1) is 38.5. The molecule has 13 heteroatoms. The Hall–Kier alpha value is -0.900. The molecule has 7 unspecified atom stereocenters. The van der Waals surface area contributed by atoms with Gasteiger partial charge in [0.1, 0.15) is 24.4 Å². The van der Waals surface area contributed by atoms with Crippen LogP contribution in [0.15, 0.2) is 0 Å². The predicted molar refractivity (Wildman–Crippen MR) is 329 cm³/mol. The summed E-state index contributed by atoms with van der Waals surface area (Å²) in [6.45, 7) is 3.53. The summed E-state index contributed by atoms with van der Waals surface area (Å²) in [5, 5.41) is 45.3. The largest absolute Gasteiger partial charge is 0.397 e. The number of unbranched alkanes of at least 4 members (excludes halogenated alkanes) is 50. The van der Waals surface area contributed by atoms with Crippen LogP contribution in [0.1, 0.15) is 361 Å². The molecule has 0 aromatic carbocycles. The molecule has 0 aromatic rings. The van der Waals surface area contributed by atoms with Crippen LogP contribution in [0.25, 0.3) is 0 Å². The smallest absolute Gasteiger partial charge is 0.394 e. The average molecular weight is 1150 g/mol. The van der Waals surface area contributed by atoms with Gasteiger partial charge in [-0.3, -0.25) is 9.35 Å². The molecule has 0 aliphatic carbocycles. The van der Waals surface area contributed by atoms with E-state index in [1.54, 1.807) is 0 Å². The Morgan fingerprint density at radius 1 is 0.456 bits per heavy atom. The van der Waals surface area contributed by atoms with E-state index in [1.165, 1.54) is 283 Å². The van der Waals surface area contributed by atoms with Gasteiger partial charge in [0.25, 0.3) is 0 Å². The molecule has 472 valence electrons. The quantitative estimate of drug-likeness (QED) is 0.0251. The molecular weight excluding hydrogens is 1010 g/mol. The molecule has 0 spiro atoms. The van der Waals surface area contributed by atoms with E-state index >= 15 is 0 Å². The molecule has 1 amide bonds. The van der Waals surface area contributed by atoms with Gasteiger partial charge < -0.3 is 35.2 Å². The molecule has 79 heavy (non-hydrogen) atoms. The number of hydrogen-bond donors (Lipinski definition) is 6. The van der Waals surface area contributed by atoms with Crippen molar-refractivity contribution >= 4 is 16.3 Å². The number of aliphatic hydroxyl groups is 4. The zero-order valence-corrected chi connectivity index (χ0v) is 52.5. The van der Waals surface area contributed by atoms with Crippen LogP contribution in [0.5, 0.6) is 0 Å². The van der Waals surface area contributed by atoms with E-state index in [1.807, 2.05) is 0 Å². The average Bonchev–Trinajstić information content (AvgIpc) is 3.44. The molecule has 0 radical (unpaired) electrons. The number of amides is 1. The molecule has 0 aromatic heterocycles. The Kier molecular flexibility index (Phi) is 54.2. The van der Waals surface area contributed by atoms with Crippen molar-refractivity contribution in [1.82, 2.24) is 5.32 Å². The van der Waals surface area contributed by atoms with Gasteiger partial charge in [-0.2, -0.15) is 8.42 Å². The summed E-state index contributed by atoms with van der Waals surface area (Å²) in [4.78, 5) is 13.2. The molecule has 0 bridgehead atoms. The first-order valence-corrected chi connectivity index (χ1v) is 35.8. The van der Waals surface area contributed by atoms with E-state index in [2.05, 4.69) is 23.3 Å². The van der Waals surface area contributed by atoms with Crippen LogP contribution in [0.4, 0.5) is 0 Å². The molecule has 1 aliphatic rings. The minimum Gasteiger partial charge on any atom is -0.394 e. The number of aliphatic hydroxyl groups excluding tert-OH is 4. The van der Waals surface area contributed by atoms with Crippen molar-refractivity contribution in [3.63, 3.8) is 0 Å². The lowest BCUT2D eigenvalue weighted by Crippen LogP contribution is -2.61. The fraction of sp³-hybridized carbons (Fsp3) is 0.985. The van der Waals surface area contributed by atoms with E-state index in [4.69, 9.17) is 9.47 Å². The second-order valence-electron chi connectivity index (χ2n) is 24.5. The number of rotatable bonds is 62. The Morgan fingerprint density at radius 2 is 0.734 bits per heavy atom. The maximum atomic E-state index is 13.2. The number of nitrogens with one attached hydrogen (secondary N) is 1. The zero-order chi connectivity index (χ0) is 57.5. The summed E-state index contributed by atoms with van der Waals surface area (Å²) < 4.78 is 48.1. The van der Waals surface area contributed by atoms with E-state index in [0.717, 1.165) is 51.4 Å².